The van der Waals surface area contributed by atoms with Crippen LogP contribution in [0.4, 0.5) is 4.79 Å². The zero-order valence-electron chi connectivity index (χ0n) is 18.8. The highest BCUT2D eigenvalue weighted by molar-refractivity contribution is 5.79. The Labute approximate surface area is 193 Å². The largest absolute Gasteiger partial charge is 0.481 e. The number of carbonyl (C=O) groups is 3. The summed E-state index contributed by atoms with van der Waals surface area (Å²) in [6.07, 6.45) is 1.81. The minimum absolute atomic E-state index is 0.0225. The molecular weight excluding hydrogens is 420 g/mol. The average Bonchev–Trinajstić information content (AvgIpc) is 3.52. The third kappa shape index (κ3) is 5.53. The van der Waals surface area contributed by atoms with E-state index in [-0.39, 0.29) is 36.3 Å². The lowest BCUT2D eigenvalue weighted by molar-refractivity contribution is -0.139. The van der Waals surface area contributed by atoms with Crippen molar-refractivity contribution in [2.75, 3.05) is 13.2 Å². The molecule has 0 radical (unpaired) electrons. The molecule has 2 aromatic rings. The number of nitrogens with one attached hydrogen (secondary N) is 2. The molecule has 1 saturated carbocycles. The Bertz CT molecular complexity index is 991. The van der Waals surface area contributed by atoms with Gasteiger partial charge in [0.15, 0.2) is 0 Å². The molecule has 3 N–H and O–H groups in total. The van der Waals surface area contributed by atoms with Crippen LogP contribution in [0.15, 0.2) is 48.5 Å². The highest BCUT2D eigenvalue weighted by Gasteiger charge is 2.42. The molecule has 2 aliphatic rings. The maximum Gasteiger partial charge on any atom is 0.407 e. The Balaban J connectivity index is 1.16. The molecule has 2 aliphatic carbocycles. The Morgan fingerprint density at radius 1 is 1.06 bits per heavy atom. The first-order valence-corrected chi connectivity index (χ1v) is 11.5. The second-order valence-electron chi connectivity index (χ2n) is 9.01. The summed E-state index contributed by atoms with van der Waals surface area (Å²) in [4.78, 5) is 35.1. The van der Waals surface area contributed by atoms with Gasteiger partial charge in [-0.05, 0) is 54.4 Å². The lowest BCUT2D eigenvalue weighted by atomic mass is 9.98. The van der Waals surface area contributed by atoms with Gasteiger partial charge in [0.2, 0.25) is 5.91 Å². The highest BCUT2D eigenvalue weighted by Crippen LogP contribution is 2.44. The van der Waals surface area contributed by atoms with E-state index in [0.717, 1.165) is 0 Å². The van der Waals surface area contributed by atoms with Gasteiger partial charge in [-0.1, -0.05) is 48.5 Å². The monoisotopic (exact) mass is 450 g/mol. The number of benzene rings is 2. The predicted octanol–water partition coefficient (Wildman–Crippen LogP) is 3.92. The Kier molecular flexibility index (Phi) is 6.96. The first-order chi connectivity index (χ1) is 15.9. The number of hydrogen-bond donors (Lipinski definition) is 3. The van der Waals surface area contributed by atoms with E-state index in [1.807, 2.05) is 31.2 Å². The van der Waals surface area contributed by atoms with Crippen LogP contribution in [0.2, 0.25) is 0 Å². The molecule has 0 spiro atoms. The number of ether oxygens (including phenoxy) is 1. The Hall–Kier alpha value is -3.35. The minimum Gasteiger partial charge on any atom is -0.481 e. The van der Waals surface area contributed by atoms with Gasteiger partial charge in [-0.25, -0.2) is 4.79 Å². The maximum absolute atomic E-state index is 12.3. The summed E-state index contributed by atoms with van der Waals surface area (Å²) in [6, 6.07) is 16.3. The van der Waals surface area contributed by atoms with Crippen LogP contribution in [0.1, 0.15) is 49.7 Å². The van der Waals surface area contributed by atoms with Crippen LogP contribution in [0.5, 0.6) is 0 Å². The predicted molar refractivity (Wildman–Crippen MR) is 124 cm³/mol. The number of amides is 2. The molecular formula is C26H30N2O5. The number of carbonyl (C=O) groups excluding carboxylic acids is 2. The molecule has 0 heterocycles. The third-order valence-electron chi connectivity index (χ3n) is 6.55. The van der Waals surface area contributed by atoms with Crippen molar-refractivity contribution in [2.24, 2.45) is 11.8 Å². The summed E-state index contributed by atoms with van der Waals surface area (Å²) in [5.74, 6) is -1.11. The SMILES string of the molecule is CC(CCCC(=O)NC[C@H]1C[C@H]1C(=O)O)NC(=O)OCC1c2ccccc2-c2ccccc21. The number of carboxylic acids is 1. The van der Waals surface area contributed by atoms with Crippen LogP contribution in [-0.2, 0) is 14.3 Å². The van der Waals surface area contributed by atoms with Gasteiger partial charge in [-0.2, -0.15) is 0 Å². The van der Waals surface area contributed by atoms with Crippen LogP contribution in [-0.4, -0.2) is 42.3 Å². The highest BCUT2D eigenvalue weighted by atomic mass is 16.5. The number of alkyl carbamates (subject to hydrolysis) is 1. The average molecular weight is 451 g/mol. The molecule has 4 rings (SSSR count). The van der Waals surface area contributed by atoms with Gasteiger partial charge in [0.1, 0.15) is 6.61 Å². The van der Waals surface area contributed by atoms with E-state index in [1.54, 1.807) is 0 Å². The van der Waals surface area contributed by atoms with Gasteiger partial charge in [0.25, 0.3) is 0 Å². The van der Waals surface area contributed by atoms with Crippen LogP contribution < -0.4 is 10.6 Å². The molecule has 2 amide bonds. The van der Waals surface area contributed by atoms with E-state index >= 15 is 0 Å². The van der Waals surface area contributed by atoms with Gasteiger partial charge in [-0.15, -0.1) is 0 Å². The lowest BCUT2D eigenvalue weighted by Crippen LogP contribution is -2.34. The number of carboxylic acid groups (broad SMARTS) is 1. The fourth-order valence-corrected chi connectivity index (χ4v) is 4.59. The molecule has 2 aromatic carbocycles. The Morgan fingerprint density at radius 2 is 1.70 bits per heavy atom. The number of hydrogen-bond acceptors (Lipinski definition) is 4. The van der Waals surface area contributed by atoms with Crippen LogP contribution in [0.3, 0.4) is 0 Å². The molecule has 0 aliphatic heterocycles. The van der Waals surface area contributed by atoms with Gasteiger partial charge < -0.3 is 20.5 Å². The van der Waals surface area contributed by atoms with Gasteiger partial charge in [0.05, 0.1) is 5.92 Å². The summed E-state index contributed by atoms with van der Waals surface area (Å²) >= 11 is 0. The van der Waals surface area contributed by atoms with Crippen LogP contribution in [0, 0.1) is 11.8 Å². The Morgan fingerprint density at radius 3 is 2.30 bits per heavy atom. The quantitative estimate of drug-likeness (QED) is 0.509. The first kappa shape index (κ1) is 22.8. The van der Waals surface area contributed by atoms with Crippen molar-refractivity contribution in [1.82, 2.24) is 10.6 Å². The molecule has 3 atom stereocenters. The second-order valence-corrected chi connectivity index (χ2v) is 9.01. The van der Waals surface area contributed by atoms with Gasteiger partial charge >= 0.3 is 12.1 Å². The molecule has 1 fully saturated rings. The van der Waals surface area contributed by atoms with Crippen molar-refractivity contribution in [3.63, 3.8) is 0 Å². The van der Waals surface area contributed by atoms with E-state index in [0.29, 0.717) is 32.2 Å². The molecule has 1 unspecified atom stereocenters. The van der Waals surface area contributed by atoms with E-state index in [4.69, 9.17) is 9.84 Å². The van der Waals surface area contributed by atoms with Gasteiger partial charge in [0, 0.05) is 24.9 Å². The van der Waals surface area contributed by atoms with E-state index in [9.17, 15) is 14.4 Å². The van der Waals surface area contributed by atoms with Crippen LogP contribution in [0.25, 0.3) is 11.1 Å². The van der Waals surface area contributed by atoms with Crippen molar-refractivity contribution < 1.29 is 24.2 Å². The zero-order chi connectivity index (χ0) is 23.4. The molecule has 7 nitrogen and oxygen atoms in total. The fourth-order valence-electron chi connectivity index (χ4n) is 4.59. The molecule has 0 saturated heterocycles. The lowest BCUT2D eigenvalue weighted by Gasteiger charge is -2.17. The normalized spacial score (nSPS) is 19.2. The summed E-state index contributed by atoms with van der Waals surface area (Å²) in [6.45, 7) is 2.58. The van der Waals surface area contributed by atoms with Crippen LogP contribution >= 0.6 is 0 Å². The van der Waals surface area contributed by atoms with Crippen molar-refractivity contribution in [1.29, 1.82) is 0 Å². The number of rotatable bonds is 10. The fraction of sp³-hybridized carbons (Fsp3) is 0.423. The maximum atomic E-state index is 12.3. The molecule has 33 heavy (non-hydrogen) atoms. The molecule has 7 heteroatoms. The van der Waals surface area contributed by atoms with Crippen molar-refractivity contribution in [2.45, 2.75) is 44.6 Å². The molecule has 174 valence electrons. The van der Waals surface area contributed by atoms with Crippen molar-refractivity contribution in [3.8, 4) is 11.1 Å². The second kappa shape index (κ2) is 10.1. The summed E-state index contributed by atoms with van der Waals surface area (Å²) in [7, 11) is 0. The first-order valence-electron chi connectivity index (χ1n) is 11.5. The van der Waals surface area contributed by atoms with E-state index in [2.05, 4.69) is 34.9 Å². The summed E-state index contributed by atoms with van der Waals surface area (Å²) in [5, 5.41) is 14.5. The topological polar surface area (TPSA) is 105 Å². The van der Waals surface area contributed by atoms with E-state index < -0.39 is 12.1 Å². The summed E-state index contributed by atoms with van der Waals surface area (Å²) < 4.78 is 5.56. The van der Waals surface area contributed by atoms with Crippen molar-refractivity contribution in [3.05, 3.63) is 59.7 Å². The minimum atomic E-state index is -0.789. The number of fused-ring (bicyclic) bond motifs is 3. The standard InChI is InChI=1S/C26H30N2O5/c1-16(7-6-12-24(29)27-14-17-13-22(17)25(30)31)28-26(32)33-15-23-20-10-4-2-8-18(20)19-9-3-5-11-21(19)23/h2-5,8-11,16-17,22-23H,6-7,12-15H2,1H3,(H,27,29)(H,28,32)(H,30,31)/t16?,17-,22-/m1/s1. The smallest absolute Gasteiger partial charge is 0.407 e. The molecule has 0 bridgehead atoms. The van der Waals surface area contributed by atoms with Crippen molar-refractivity contribution >= 4 is 18.0 Å². The van der Waals surface area contributed by atoms with Gasteiger partial charge in [-0.3, -0.25) is 9.59 Å². The molecule has 0 aromatic heterocycles. The number of aliphatic carboxylic acids is 1. The third-order valence-corrected chi connectivity index (χ3v) is 6.55. The van der Waals surface area contributed by atoms with E-state index in [1.165, 1.54) is 22.3 Å². The summed E-state index contributed by atoms with van der Waals surface area (Å²) in [5.41, 5.74) is 4.72. The zero-order valence-corrected chi connectivity index (χ0v) is 18.8.